The van der Waals surface area contributed by atoms with Gasteiger partial charge in [-0.05, 0) is 49.9 Å². The number of carbonyl (C=O) groups excluding carboxylic acids is 2. The normalized spacial score (nSPS) is 14.5. The fourth-order valence-corrected chi connectivity index (χ4v) is 5.20. The number of hydrogen-bond donors (Lipinski definition) is 1. The Morgan fingerprint density at radius 3 is 2.59 bits per heavy atom. The topological polar surface area (TPSA) is 120 Å². The number of piperidine rings is 1. The average molecular weight is 487 g/mol. The number of rotatable bonds is 8. The minimum Gasteiger partial charge on any atom is -0.355 e. The molecule has 8 nitrogen and oxygen atoms in total. The highest BCUT2D eigenvalue weighted by Crippen LogP contribution is 2.27. The van der Waals surface area contributed by atoms with E-state index < -0.39 is 33.4 Å². The van der Waals surface area contributed by atoms with Crippen LogP contribution in [0.3, 0.4) is 0 Å². The van der Waals surface area contributed by atoms with E-state index in [-0.39, 0.29) is 11.3 Å². The number of aryl methyl sites for hydroxylation is 1. The van der Waals surface area contributed by atoms with Gasteiger partial charge < -0.3 is 4.90 Å². The molecule has 1 aromatic heterocycles. The molecule has 1 aliphatic rings. The lowest BCUT2D eigenvalue weighted by atomic mass is 9.95. The molecular weight excluding hydrogens is 459 g/mol. The molecule has 0 aliphatic carbocycles. The Morgan fingerprint density at radius 2 is 1.97 bits per heavy atom. The van der Waals surface area contributed by atoms with Gasteiger partial charge in [-0.2, -0.15) is 5.26 Å². The van der Waals surface area contributed by atoms with E-state index in [4.69, 9.17) is 0 Å². The van der Waals surface area contributed by atoms with Crippen molar-refractivity contribution in [1.29, 1.82) is 5.26 Å². The van der Waals surface area contributed by atoms with Crippen molar-refractivity contribution >= 4 is 27.5 Å². The molecule has 0 saturated carbocycles. The van der Waals surface area contributed by atoms with E-state index in [9.17, 15) is 27.7 Å². The first-order valence-electron chi connectivity index (χ1n) is 11.1. The molecular formula is C24H27FN4O4S. The van der Waals surface area contributed by atoms with Crippen molar-refractivity contribution in [2.24, 2.45) is 5.92 Å². The second-order valence-corrected chi connectivity index (χ2v) is 10.1. The molecule has 0 spiro atoms. The van der Waals surface area contributed by atoms with Crippen molar-refractivity contribution in [3.8, 4) is 6.07 Å². The zero-order valence-electron chi connectivity index (χ0n) is 19.2. The number of anilines is 1. The van der Waals surface area contributed by atoms with Crippen LogP contribution in [0, 0.1) is 30.0 Å². The Morgan fingerprint density at radius 1 is 1.26 bits per heavy atom. The highest BCUT2D eigenvalue weighted by Gasteiger charge is 2.29. The second kappa shape index (κ2) is 10.7. The molecule has 180 valence electrons. The Hall–Kier alpha value is -3.32. The minimum absolute atomic E-state index is 0.0506. The third-order valence-corrected chi connectivity index (χ3v) is 6.98. The van der Waals surface area contributed by atoms with Crippen LogP contribution < -0.4 is 9.62 Å². The van der Waals surface area contributed by atoms with Crippen LogP contribution in [-0.4, -0.2) is 38.2 Å². The van der Waals surface area contributed by atoms with Gasteiger partial charge in [0.1, 0.15) is 17.7 Å². The Bertz CT molecular complexity index is 1230. The molecule has 1 aromatic carbocycles. The van der Waals surface area contributed by atoms with Crippen LogP contribution in [-0.2, 0) is 20.6 Å². The van der Waals surface area contributed by atoms with Crippen molar-refractivity contribution in [2.75, 3.05) is 18.0 Å². The molecule has 1 fully saturated rings. The van der Waals surface area contributed by atoms with Crippen LogP contribution in [0.5, 0.6) is 0 Å². The first-order valence-corrected chi connectivity index (χ1v) is 12.8. The van der Waals surface area contributed by atoms with E-state index >= 15 is 0 Å². The number of nitrogens with zero attached hydrogens (tertiary/aromatic N) is 3. The lowest BCUT2D eigenvalue weighted by Crippen LogP contribution is -2.43. The van der Waals surface area contributed by atoms with Gasteiger partial charge in [0.2, 0.25) is 15.9 Å². The van der Waals surface area contributed by atoms with E-state index in [1.165, 1.54) is 18.2 Å². The van der Waals surface area contributed by atoms with Crippen LogP contribution >= 0.6 is 0 Å². The summed E-state index contributed by atoms with van der Waals surface area (Å²) in [7, 11) is -3.97. The van der Waals surface area contributed by atoms with Gasteiger partial charge >= 0.3 is 0 Å². The summed E-state index contributed by atoms with van der Waals surface area (Å²) in [6.07, 6.45) is 1.84. The van der Waals surface area contributed by atoms with Crippen LogP contribution in [0.4, 0.5) is 10.2 Å². The maximum absolute atomic E-state index is 13.3. The highest BCUT2D eigenvalue weighted by atomic mass is 32.2. The van der Waals surface area contributed by atoms with Crippen molar-refractivity contribution in [1.82, 2.24) is 9.71 Å². The van der Waals surface area contributed by atoms with E-state index in [1.54, 1.807) is 13.0 Å². The number of ketones is 1. The molecule has 3 rings (SSSR count). The predicted octanol–water partition coefficient (Wildman–Crippen LogP) is 3.25. The van der Waals surface area contributed by atoms with Gasteiger partial charge in [-0.3, -0.25) is 14.3 Å². The number of aromatic nitrogens is 1. The molecule has 1 saturated heterocycles. The quantitative estimate of drug-likeness (QED) is 0.569. The van der Waals surface area contributed by atoms with Gasteiger partial charge in [0.15, 0.2) is 5.78 Å². The number of nitrogens with one attached hydrogen (secondary N) is 1. The lowest BCUT2D eigenvalue weighted by Gasteiger charge is -2.32. The van der Waals surface area contributed by atoms with Crippen LogP contribution in [0.1, 0.15) is 59.8 Å². The third kappa shape index (κ3) is 6.17. The molecule has 1 N–H and O–H groups in total. The van der Waals surface area contributed by atoms with Crippen molar-refractivity contribution in [2.45, 2.75) is 45.3 Å². The van der Waals surface area contributed by atoms with Gasteiger partial charge in [-0.15, -0.1) is 0 Å². The second-order valence-electron chi connectivity index (χ2n) is 8.39. The van der Waals surface area contributed by atoms with Gasteiger partial charge in [-0.1, -0.05) is 19.1 Å². The SMILES string of the molecule is CCCC(=O)c1cc(C#N)c(N2CCC(C(=O)NS(=O)(=O)Cc3cccc(F)c3)CC2)nc1C. The summed E-state index contributed by atoms with van der Waals surface area (Å²) < 4.78 is 40.1. The summed E-state index contributed by atoms with van der Waals surface area (Å²) in [5.41, 5.74) is 1.54. The largest absolute Gasteiger partial charge is 0.355 e. The van der Waals surface area contributed by atoms with Crippen molar-refractivity contribution in [3.05, 3.63) is 58.5 Å². The van der Waals surface area contributed by atoms with Crippen molar-refractivity contribution in [3.63, 3.8) is 0 Å². The first kappa shape index (κ1) is 25.3. The minimum atomic E-state index is -3.97. The Kier molecular flexibility index (Phi) is 7.99. The molecule has 1 aliphatic heterocycles. The first-order chi connectivity index (χ1) is 16.1. The standard InChI is InChI=1S/C24H27FN4O4S/c1-3-5-22(30)21-13-19(14-26)23(27-16(21)2)29-10-8-18(9-11-29)24(31)28-34(32,33)15-17-6-4-7-20(25)12-17/h4,6-7,12-13,18H,3,5,8-11,15H2,1-2H3,(H,28,31). The van der Waals surface area contributed by atoms with Crippen LogP contribution in [0.15, 0.2) is 30.3 Å². The number of benzene rings is 1. The summed E-state index contributed by atoms with van der Waals surface area (Å²) in [5, 5.41) is 9.60. The lowest BCUT2D eigenvalue weighted by molar-refractivity contribution is -0.123. The van der Waals surface area contributed by atoms with Crippen molar-refractivity contribution < 1.29 is 22.4 Å². The van der Waals surface area contributed by atoms with E-state index in [1.807, 2.05) is 11.8 Å². The number of nitriles is 1. The van der Waals surface area contributed by atoms with E-state index in [0.717, 1.165) is 6.07 Å². The molecule has 34 heavy (non-hydrogen) atoms. The molecule has 1 amide bonds. The van der Waals surface area contributed by atoms with Crippen LogP contribution in [0.2, 0.25) is 0 Å². The fourth-order valence-electron chi connectivity index (χ4n) is 4.03. The highest BCUT2D eigenvalue weighted by molar-refractivity contribution is 7.89. The summed E-state index contributed by atoms with van der Waals surface area (Å²) in [4.78, 5) is 31.3. The van der Waals surface area contributed by atoms with E-state index in [0.29, 0.717) is 61.4 Å². The number of halogens is 1. The summed E-state index contributed by atoms with van der Waals surface area (Å²) in [6, 6.07) is 8.91. The number of pyridine rings is 1. The molecule has 0 unspecified atom stereocenters. The maximum Gasteiger partial charge on any atom is 0.239 e. The van der Waals surface area contributed by atoms with Gasteiger partial charge in [0.25, 0.3) is 0 Å². The number of hydrogen-bond acceptors (Lipinski definition) is 7. The summed E-state index contributed by atoms with van der Waals surface area (Å²) >= 11 is 0. The average Bonchev–Trinajstić information content (AvgIpc) is 2.78. The molecule has 10 heteroatoms. The molecule has 0 radical (unpaired) electrons. The molecule has 2 aromatic rings. The van der Waals surface area contributed by atoms with Gasteiger partial charge in [-0.25, -0.2) is 17.8 Å². The van der Waals surface area contributed by atoms with Crippen LogP contribution in [0.25, 0.3) is 0 Å². The van der Waals surface area contributed by atoms with E-state index in [2.05, 4.69) is 15.8 Å². The maximum atomic E-state index is 13.3. The summed E-state index contributed by atoms with van der Waals surface area (Å²) in [5.74, 6) is -1.74. The molecule has 0 atom stereocenters. The Balaban J connectivity index is 1.64. The van der Waals surface area contributed by atoms with Gasteiger partial charge in [0.05, 0.1) is 17.0 Å². The molecule has 2 heterocycles. The number of carbonyl (C=O) groups is 2. The molecule has 0 bridgehead atoms. The Labute approximate surface area is 198 Å². The monoisotopic (exact) mass is 486 g/mol. The fraction of sp³-hybridized carbons (Fsp3) is 0.417. The zero-order chi connectivity index (χ0) is 24.9. The smallest absolute Gasteiger partial charge is 0.239 e. The number of Topliss-reactive ketones (excluding diaryl/α,β-unsaturated/α-hetero) is 1. The van der Waals surface area contributed by atoms with Gasteiger partial charge in [0, 0.05) is 31.0 Å². The number of sulfonamides is 1. The zero-order valence-corrected chi connectivity index (χ0v) is 20.0. The predicted molar refractivity (Wildman–Crippen MR) is 125 cm³/mol. The summed E-state index contributed by atoms with van der Waals surface area (Å²) in [6.45, 7) is 4.46. The third-order valence-electron chi connectivity index (χ3n) is 5.76. The number of amides is 1.